The zero-order valence-electron chi connectivity index (χ0n) is 74.9. The molecule has 12 aliphatic heterocycles. The molecule has 0 radical (unpaired) electrons. The van der Waals surface area contributed by atoms with E-state index in [4.69, 9.17) is 70.9 Å². The van der Waals surface area contributed by atoms with Crippen molar-refractivity contribution < 1.29 is 79.6 Å². The number of fused-ring (bicyclic) bond motifs is 6. The molecular formula is C85H115ClF3IN28O15. The van der Waals surface area contributed by atoms with E-state index >= 15 is 0 Å². The number of aryl methyl sites for hydroxylation is 3. The van der Waals surface area contributed by atoms with Crippen LogP contribution in [0.1, 0.15) is 168 Å². The van der Waals surface area contributed by atoms with Crippen LogP contribution >= 0.6 is 34.2 Å². The molecule has 6 unspecified atom stereocenters. The Hall–Kier alpha value is -11.9. The second-order valence-corrected chi connectivity index (χ2v) is 37.7. The van der Waals surface area contributed by atoms with Crippen molar-refractivity contribution in [3.05, 3.63) is 170 Å². The highest BCUT2D eigenvalue weighted by Crippen LogP contribution is 2.44. The van der Waals surface area contributed by atoms with Gasteiger partial charge in [0.2, 0.25) is 17.2 Å². The number of aromatic amines is 1. The van der Waals surface area contributed by atoms with E-state index in [9.17, 15) is 47.8 Å². The highest BCUT2D eigenvalue weighted by Gasteiger charge is 2.46. The van der Waals surface area contributed by atoms with Crippen molar-refractivity contribution in [2.24, 2.45) is 0 Å². The number of nitrogens with zero attached hydrogens (tertiary/aromatic N) is 22. The number of nitrogen functional groups attached to an aromatic ring is 2. The van der Waals surface area contributed by atoms with Crippen molar-refractivity contribution in [1.29, 1.82) is 0 Å². The Balaban J connectivity index is 0.000000159. The molecule has 4 amide bonds. The van der Waals surface area contributed by atoms with Gasteiger partial charge in [0.05, 0.1) is 212 Å². The van der Waals surface area contributed by atoms with Crippen molar-refractivity contribution in [2.45, 2.75) is 208 Å². The molecule has 0 aromatic carbocycles. The number of rotatable bonds is 15. The second-order valence-electron chi connectivity index (χ2n) is 35.6. The number of nitro groups is 2. The predicted octanol–water partition coefficient (Wildman–Crippen LogP) is 13.3. The summed E-state index contributed by atoms with van der Waals surface area (Å²) in [5.41, 5.74) is 21.9. The van der Waals surface area contributed by atoms with Crippen LogP contribution in [-0.2, 0) is 37.9 Å². The average molecular weight is 1990 g/mol. The van der Waals surface area contributed by atoms with Crippen LogP contribution in [0.5, 0.6) is 0 Å². The van der Waals surface area contributed by atoms with Crippen molar-refractivity contribution in [3.63, 3.8) is 0 Å². The number of urea groups is 1. The van der Waals surface area contributed by atoms with Crippen LogP contribution in [-0.4, -0.2) is 275 Å². The van der Waals surface area contributed by atoms with E-state index in [1.165, 1.54) is 29.1 Å². The molecule has 0 aliphatic carbocycles. The molecule has 21 rings (SSSR count). The summed E-state index contributed by atoms with van der Waals surface area (Å²) in [5.74, 6) is 0.969. The number of alkyl halides is 4. The molecule has 43 nitrogen and oxygen atoms in total. The fourth-order valence-electron chi connectivity index (χ4n) is 15.8. The van der Waals surface area contributed by atoms with Gasteiger partial charge in [-0.25, -0.2) is 44.3 Å². The summed E-state index contributed by atoms with van der Waals surface area (Å²) in [6.45, 7) is 24.9. The fourth-order valence-corrected chi connectivity index (χ4v) is 16.5. The second kappa shape index (κ2) is 43.0. The number of nitrogens with one attached hydrogen (secondary N) is 4. The number of H-pyrrole nitrogens is 1. The molecule has 12 aliphatic rings. The van der Waals surface area contributed by atoms with Crippen LogP contribution in [0.4, 0.5) is 73.6 Å². The van der Waals surface area contributed by atoms with Crippen LogP contribution in [0.15, 0.2) is 111 Å². The first kappa shape index (κ1) is 97.1. The van der Waals surface area contributed by atoms with Gasteiger partial charge in [-0.15, -0.1) is 0 Å². The van der Waals surface area contributed by atoms with Gasteiger partial charge in [0.25, 0.3) is 0 Å². The Morgan fingerprint density at radius 3 is 1.16 bits per heavy atom. The molecule has 9 fully saturated rings. The van der Waals surface area contributed by atoms with E-state index in [2.05, 4.69) is 101 Å². The first-order valence-corrected chi connectivity index (χ1v) is 45.2. The Morgan fingerprint density at radius 2 is 0.850 bits per heavy atom. The van der Waals surface area contributed by atoms with E-state index in [1.807, 2.05) is 133 Å². The number of amides is 4. The molecule has 48 heteroatoms. The highest BCUT2D eigenvalue weighted by molar-refractivity contribution is 14.1. The lowest BCUT2D eigenvalue weighted by Gasteiger charge is -2.35. The minimum Gasteiger partial charge on any atom is -0.444 e. The SMILES string of the molecule is Cc1cnc(Cl)nc1C1=CC2CCC(C1)N2C(=O)OC(C)(C)C.Cc1cnc(Nc2cnn(C3COC3)c2)nc1C1=CC2CCC(C1)N2C(=O)NCC(F)(F)F.Cc1cnc(Nc2cnn(C3COC3)c2)nc1C1=CC2CCC(C1)N2C(=O)OC(C)(C)C.IC1COC1.Nc1cnn(C2COC2)c1.Nc1cnn(C2COC2)c1.O=[N+]([O-])c1cn[nH]c1.O=[N+]([O-])c1cnn(C2COC2)c1.[HH].[HH].[HH]. The Labute approximate surface area is 785 Å². The lowest BCUT2D eigenvalue weighted by atomic mass is 9.96. The van der Waals surface area contributed by atoms with Gasteiger partial charge < -0.3 is 70.2 Å². The topological polar surface area (TPSA) is 504 Å². The molecule has 6 atom stereocenters. The maximum Gasteiger partial charge on any atom is 0.411 e. The first-order valence-electron chi connectivity index (χ1n) is 43.6. The smallest absolute Gasteiger partial charge is 0.411 e. The number of nitrogens with two attached hydrogens (primary N) is 2. The van der Waals surface area contributed by atoms with Gasteiger partial charge in [-0.3, -0.25) is 58.5 Å². The molecular weight excluding hydrogens is 1870 g/mol. The van der Waals surface area contributed by atoms with Crippen molar-refractivity contribution in [1.82, 2.24) is 109 Å². The molecule has 0 spiro atoms. The number of ether oxygens (including phenoxy) is 8. The summed E-state index contributed by atoms with van der Waals surface area (Å²) in [6.07, 6.45) is 33.5. The van der Waals surface area contributed by atoms with E-state index < -0.39 is 39.8 Å². The molecule has 21 heterocycles. The van der Waals surface area contributed by atoms with Crippen LogP contribution in [0.25, 0.3) is 16.7 Å². The molecule has 9 saturated heterocycles. The van der Waals surface area contributed by atoms with Crippen LogP contribution < -0.4 is 27.4 Å². The quantitative estimate of drug-likeness (QED) is 0.0182. The van der Waals surface area contributed by atoms with Gasteiger partial charge in [-0.05, 0) is 165 Å². The Kier molecular flexibility index (Phi) is 31.4. The van der Waals surface area contributed by atoms with E-state index in [1.54, 1.807) is 41.9 Å². The van der Waals surface area contributed by atoms with Gasteiger partial charge in [0, 0.05) is 65.8 Å². The Morgan fingerprint density at radius 1 is 0.496 bits per heavy atom. The normalized spacial score (nSPS) is 21.2. The number of hydrogen-bond donors (Lipinski definition) is 6. The molecule has 6 bridgehead atoms. The zero-order valence-corrected chi connectivity index (χ0v) is 77.8. The average Bonchev–Trinajstić information content (AvgIpc) is 1.65. The maximum absolute atomic E-state index is 12.7. The third-order valence-electron chi connectivity index (χ3n) is 22.9. The highest BCUT2D eigenvalue weighted by atomic mass is 127. The summed E-state index contributed by atoms with van der Waals surface area (Å²) in [7, 11) is 0. The lowest BCUT2D eigenvalue weighted by molar-refractivity contribution is -0.385. The molecule has 9 aromatic heterocycles. The lowest BCUT2D eigenvalue weighted by Crippen LogP contribution is -2.50. The molecule has 8 N–H and O–H groups in total. The van der Waals surface area contributed by atoms with Crippen LogP contribution in [0.2, 0.25) is 5.28 Å². The number of carbonyl (C=O) groups is 3. The summed E-state index contributed by atoms with van der Waals surface area (Å²) >= 11 is 8.31. The molecule has 9 aromatic rings. The fraction of sp³-hybridized carbons (Fsp3) is 0.541. The maximum atomic E-state index is 12.7. The van der Waals surface area contributed by atoms with Gasteiger partial charge in [-0.2, -0.15) is 43.8 Å². The molecule has 720 valence electrons. The standard InChI is InChI=1S/C23H30N6O3.C21H24F3N7O2.C17H22ClN3O2.C6H7N3O3.2C6H9N3O.C3H5IO.C3H3N3O2.3H2/c1-14-9-24-21(26-16-10-25-28(11-16)19-12-31-13-19)27-20(14)15-7-17-5-6-18(8-15)29(17)22(30)32-23(2,3)4;1-12-6-25-19(28-14-7-27-30(8-14)17-9-33-10-17)29-18(12)13-4-15-2-3-16(5-13)31(15)20(32)26-11-21(22,23)24;1-10-9-19-15(18)20-14(10)11-7-12-5-6-13(8-11)21(12)16(22)23-17(2,3)4;10-9(11)5-1-7-8(2-5)6-3-12-4-6;2*7-5-1-8-9(2-5)6-3-10-4-6;4-3-1-5-2-3;7-6(8)3-1-4-5-2-3;;;/h7,9-11,17-19H,5-6,8,12-13H2,1-4H3,(H,24,26,27);4,6-8,15-17H,2-3,5,9-11H2,1H3,(H,26,32)(H,25,28,29);7,9,12-13H,5-6,8H2,1-4H3;1-2,6H,3-4H2;2*1-2,6H,3-4,7H2;3H,1-2H2;1-2H,(H,4,5);3*1H. The van der Waals surface area contributed by atoms with Gasteiger partial charge in [0.15, 0.2) is 0 Å². The van der Waals surface area contributed by atoms with Crippen molar-refractivity contribution in [3.8, 4) is 0 Å². The minimum absolute atomic E-state index is 0. The first-order chi connectivity index (χ1) is 63.5. The van der Waals surface area contributed by atoms with E-state index in [0.717, 1.165) is 151 Å². The van der Waals surface area contributed by atoms with Crippen molar-refractivity contribution in [2.75, 3.05) is 108 Å². The zero-order chi connectivity index (χ0) is 94.6. The summed E-state index contributed by atoms with van der Waals surface area (Å²) in [6, 6.07) is 0.910. The summed E-state index contributed by atoms with van der Waals surface area (Å²) in [5, 5.41) is 55.2. The Bertz CT molecular complexity index is 5570. The molecule has 0 saturated carbocycles. The number of anilines is 6. The summed E-state index contributed by atoms with van der Waals surface area (Å²) in [4.78, 5) is 88.7. The molecule has 133 heavy (non-hydrogen) atoms. The third-order valence-corrected chi connectivity index (χ3v) is 23.8. The number of halogens is 5. The van der Waals surface area contributed by atoms with Crippen LogP contribution in [0, 0.1) is 41.0 Å². The summed E-state index contributed by atoms with van der Waals surface area (Å²) < 4.78 is 88.7. The van der Waals surface area contributed by atoms with Gasteiger partial charge >= 0.3 is 35.8 Å². The third kappa shape index (κ3) is 25.9. The minimum atomic E-state index is -4.44. The van der Waals surface area contributed by atoms with Crippen molar-refractivity contribution >= 4 is 115 Å². The van der Waals surface area contributed by atoms with Crippen LogP contribution in [0.3, 0.4) is 0 Å². The van der Waals surface area contributed by atoms with Gasteiger partial charge in [-0.1, -0.05) is 40.8 Å². The number of hydrogen-bond acceptors (Lipinski definition) is 31. The number of aromatic nitrogens is 18. The van der Waals surface area contributed by atoms with Gasteiger partial charge in [0.1, 0.15) is 36.3 Å². The number of carbonyl (C=O) groups excluding carboxylic acids is 3. The van der Waals surface area contributed by atoms with E-state index in [-0.39, 0.29) is 81.5 Å². The largest absolute Gasteiger partial charge is 0.444 e. The van der Waals surface area contributed by atoms with E-state index in [0.29, 0.717) is 93.9 Å². The predicted molar refractivity (Wildman–Crippen MR) is 494 cm³/mol. The monoisotopic (exact) mass is 1990 g/mol.